The zero-order valence-corrected chi connectivity index (χ0v) is 7.83. The van der Waals surface area contributed by atoms with Gasteiger partial charge in [-0.2, -0.15) is 13.2 Å². The van der Waals surface area contributed by atoms with Crippen molar-refractivity contribution in [2.24, 2.45) is 0 Å². The highest BCUT2D eigenvalue weighted by atomic mass is 19.4. The molecule has 0 bridgehead atoms. The van der Waals surface area contributed by atoms with Crippen molar-refractivity contribution in [2.75, 3.05) is 5.73 Å². The van der Waals surface area contributed by atoms with E-state index in [1.807, 2.05) is 0 Å². The Morgan fingerprint density at radius 2 is 1.94 bits per heavy atom. The van der Waals surface area contributed by atoms with Gasteiger partial charge in [-0.25, -0.2) is 13.8 Å². The second kappa shape index (κ2) is 4.11. The Kier molecular flexibility index (Phi) is 3.16. The predicted molar refractivity (Wildman–Crippen MR) is 45.3 cm³/mol. The quantitative estimate of drug-likeness (QED) is 0.501. The van der Waals surface area contributed by atoms with Crippen LogP contribution in [-0.2, 0) is 6.18 Å². The van der Waals surface area contributed by atoms with Crippen molar-refractivity contribution < 1.29 is 26.9 Å². The Balaban J connectivity index is 3.57. The van der Waals surface area contributed by atoms with Crippen LogP contribution in [0.4, 0.5) is 33.5 Å². The molecule has 0 aliphatic carbocycles. The highest BCUT2D eigenvalue weighted by molar-refractivity contribution is 5.59. The van der Waals surface area contributed by atoms with E-state index in [-0.39, 0.29) is 6.07 Å². The third kappa shape index (κ3) is 2.57. The summed E-state index contributed by atoms with van der Waals surface area (Å²) in [4.78, 5) is 11.8. The van der Waals surface area contributed by atoms with Gasteiger partial charge in [0, 0.05) is 0 Å². The molecule has 0 saturated heterocycles. The molecule has 0 radical (unpaired) electrons. The normalized spacial score (nSPS) is 11.9. The molecule has 0 aromatic carbocycles. The van der Waals surface area contributed by atoms with Gasteiger partial charge < -0.3 is 5.73 Å². The fourth-order valence-corrected chi connectivity index (χ4v) is 1.10. The maximum atomic E-state index is 12.4. The molecule has 17 heavy (non-hydrogen) atoms. The largest absolute Gasteiger partial charge is 0.423 e. The first-order valence-corrected chi connectivity index (χ1v) is 3.94. The number of pyridine rings is 1. The summed E-state index contributed by atoms with van der Waals surface area (Å²) in [6.07, 6.45) is -8.47. The smallest absolute Gasteiger partial charge is 0.378 e. The molecule has 0 spiro atoms. The molecule has 2 N–H and O–H groups in total. The van der Waals surface area contributed by atoms with E-state index in [1.54, 1.807) is 0 Å². The maximum absolute atomic E-state index is 12.4. The minimum atomic E-state index is -5.16. The summed E-state index contributed by atoms with van der Waals surface area (Å²) in [5.74, 6) is -1.19. The highest BCUT2D eigenvalue weighted by Gasteiger charge is 2.41. The van der Waals surface area contributed by atoms with Crippen LogP contribution in [0.25, 0.3) is 0 Å². The Bertz CT molecular complexity index is 460. The summed E-state index contributed by atoms with van der Waals surface area (Å²) in [5.41, 5.74) is 0.240. The third-order valence-corrected chi connectivity index (χ3v) is 1.75. The number of rotatable bonds is 2. The number of halogens is 5. The summed E-state index contributed by atoms with van der Waals surface area (Å²) in [5, 5.41) is 10.4. The summed E-state index contributed by atoms with van der Waals surface area (Å²) >= 11 is 0. The minimum Gasteiger partial charge on any atom is -0.378 e. The van der Waals surface area contributed by atoms with Crippen LogP contribution in [0.1, 0.15) is 17.7 Å². The van der Waals surface area contributed by atoms with Crippen molar-refractivity contribution in [3.8, 4) is 0 Å². The first kappa shape index (κ1) is 13.1. The van der Waals surface area contributed by atoms with E-state index in [1.165, 1.54) is 0 Å². The van der Waals surface area contributed by atoms with Gasteiger partial charge in [0.2, 0.25) is 5.82 Å². The number of alkyl halides is 5. The number of nitrogen functional groups attached to an aromatic ring is 1. The van der Waals surface area contributed by atoms with Gasteiger partial charge in [-0.05, 0) is 6.07 Å². The van der Waals surface area contributed by atoms with Gasteiger partial charge in [-0.15, -0.1) is 0 Å². The Morgan fingerprint density at radius 3 is 2.29 bits per heavy atom. The van der Waals surface area contributed by atoms with E-state index in [4.69, 9.17) is 5.73 Å². The summed E-state index contributed by atoms with van der Waals surface area (Å²) in [7, 11) is 0. The molecule has 0 aliphatic heterocycles. The first-order chi connectivity index (χ1) is 7.64. The van der Waals surface area contributed by atoms with Crippen molar-refractivity contribution in [1.29, 1.82) is 0 Å². The molecule has 94 valence electrons. The zero-order chi connectivity index (χ0) is 13.4. The molecule has 10 heteroatoms. The van der Waals surface area contributed by atoms with Crippen molar-refractivity contribution in [1.82, 2.24) is 4.98 Å². The lowest BCUT2D eigenvalue weighted by Crippen LogP contribution is -2.13. The summed E-state index contributed by atoms with van der Waals surface area (Å²) < 4.78 is 61.6. The van der Waals surface area contributed by atoms with Gasteiger partial charge in [-0.1, -0.05) is 0 Å². The molecule has 0 amide bonds. The van der Waals surface area contributed by atoms with Crippen LogP contribution in [0.2, 0.25) is 0 Å². The second-order valence-electron chi connectivity index (χ2n) is 2.88. The van der Waals surface area contributed by atoms with Gasteiger partial charge in [0.05, 0.1) is 4.92 Å². The molecule has 1 heterocycles. The maximum Gasteiger partial charge on any atom is 0.423 e. The highest BCUT2D eigenvalue weighted by Crippen LogP contribution is 2.40. The molecule has 5 nitrogen and oxygen atoms in total. The molecule has 0 aliphatic rings. The summed E-state index contributed by atoms with van der Waals surface area (Å²) in [6.45, 7) is 0. The Hall–Kier alpha value is -2.00. The van der Waals surface area contributed by atoms with E-state index in [0.717, 1.165) is 0 Å². The number of nitrogens with zero attached hydrogens (tertiary/aromatic N) is 2. The van der Waals surface area contributed by atoms with Crippen LogP contribution < -0.4 is 5.73 Å². The Morgan fingerprint density at radius 1 is 1.41 bits per heavy atom. The number of hydrogen-bond donors (Lipinski definition) is 1. The molecule has 1 rings (SSSR count). The summed E-state index contributed by atoms with van der Waals surface area (Å²) in [6, 6.07) is -0.0842. The average Bonchev–Trinajstić information content (AvgIpc) is 2.14. The number of aromatic nitrogens is 1. The van der Waals surface area contributed by atoms with Crippen LogP contribution in [0.15, 0.2) is 6.07 Å². The molecule has 1 aromatic rings. The van der Waals surface area contributed by atoms with E-state index in [2.05, 4.69) is 4.98 Å². The minimum absolute atomic E-state index is 0.0842. The van der Waals surface area contributed by atoms with Crippen molar-refractivity contribution >= 4 is 11.5 Å². The SMILES string of the molecule is Nc1nc(C(F)F)cc(C(F)(F)F)c1[N+](=O)[O-]. The lowest BCUT2D eigenvalue weighted by atomic mass is 10.1. The standard InChI is InChI=1S/C7H4F5N3O2/c8-5(9)3-1-2(7(10,11)12)4(15(16)17)6(13)14-3/h1,5H,(H2,13,14). The molecule has 0 fully saturated rings. The fraction of sp³-hybridized carbons (Fsp3) is 0.286. The second-order valence-corrected chi connectivity index (χ2v) is 2.88. The fourth-order valence-electron chi connectivity index (χ4n) is 1.10. The van der Waals surface area contributed by atoms with E-state index in [9.17, 15) is 32.1 Å². The van der Waals surface area contributed by atoms with E-state index in [0.29, 0.717) is 0 Å². The van der Waals surface area contributed by atoms with Crippen LogP contribution in [0, 0.1) is 10.1 Å². The van der Waals surface area contributed by atoms with Gasteiger partial charge in [0.25, 0.3) is 6.43 Å². The first-order valence-electron chi connectivity index (χ1n) is 3.94. The molecular weight excluding hydrogens is 253 g/mol. The average molecular weight is 257 g/mol. The molecular formula is C7H4F5N3O2. The third-order valence-electron chi connectivity index (χ3n) is 1.75. The molecule has 0 unspecified atom stereocenters. The van der Waals surface area contributed by atoms with Crippen LogP contribution in [0.3, 0.4) is 0 Å². The monoisotopic (exact) mass is 257 g/mol. The van der Waals surface area contributed by atoms with Crippen molar-refractivity contribution in [2.45, 2.75) is 12.6 Å². The molecule has 0 saturated carbocycles. The van der Waals surface area contributed by atoms with Crippen molar-refractivity contribution in [3.63, 3.8) is 0 Å². The number of hydrogen-bond acceptors (Lipinski definition) is 4. The lowest BCUT2D eigenvalue weighted by molar-refractivity contribution is -0.387. The number of nitrogens with two attached hydrogens (primary N) is 1. The van der Waals surface area contributed by atoms with Crippen LogP contribution >= 0.6 is 0 Å². The molecule has 1 aromatic heterocycles. The van der Waals surface area contributed by atoms with Gasteiger partial charge >= 0.3 is 11.9 Å². The van der Waals surface area contributed by atoms with E-state index < -0.39 is 40.3 Å². The van der Waals surface area contributed by atoms with Gasteiger partial charge in [-0.3, -0.25) is 10.1 Å². The molecule has 0 atom stereocenters. The predicted octanol–water partition coefficient (Wildman–Crippen LogP) is 2.53. The van der Waals surface area contributed by atoms with Gasteiger partial charge in [0.15, 0.2) is 0 Å². The number of anilines is 1. The van der Waals surface area contributed by atoms with Crippen LogP contribution in [0.5, 0.6) is 0 Å². The lowest BCUT2D eigenvalue weighted by Gasteiger charge is -2.10. The van der Waals surface area contributed by atoms with Crippen LogP contribution in [-0.4, -0.2) is 9.91 Å². The van der Waals surface area contributed by atoms with Crippen molar-refractivity contribution in [3.05, 3.63) is 27.4 Å². The number of nitro groups is 1. The Labute approximate surface area is 90.2 Å². The zero-order valence-electron chi connectivity index (χ0n) is 7.83. The van der Waals surface area contributed by atoms with E-state index >= 15 is 0 Å². The van der Waals surface area contributed by atoms with Gasteiger partial charge in [0.1, 0.15) is 11.3 Å². The topological polar surface area (TPSA) is 82.0 Å².